The monoisotopic (exact) mass is 209 g/mol. The molecule has 5 heteroatoms. The number of hydrogen-bond acceptors (Lipinski definition) is 2. The Morgan fingerprint density at radius 2 is 2.07 bits per heavy atom. The van der Waals surface area contributed by atoms with Crippen LogP contribution in [0.3, 0.4) is 0 Å². The summed E-state index contributed by atoms with van der Waals surface area (Å²) in [5.41, 5.74) is 6.60. The van der Waals surface area contributed by atoms with Crippen molar-refractivity contribution in [1.29, 1.82) is 0 Å². The van der Waals surface area contributed by atoms with Crippen LogP contribution in [-0.2, 0) is 0 Å². The third kappa shape index (κ3) is 2.18. The number of primary amides is 1. The van der Waals surface area contributed by atoms with Crippen LogP contribution in [0.25, 0.3) is 0 Å². The summed E-state index contributed by atoms with van der Waals surface area (Å²) in [6.07, 6.45) is 0. The SMILES string of the molecule is CNC(=O)c1[nH]c(C(N)=O)cc1C(C)C. The Bertz CT molecular complexity index is 393. The van der Waals surface area contributed by atoms with Gasteiger partial charge in [0.15, 0.2) is 0 Å². The number of rotatable bonds is 3. The molecule has 0 aliphatic heterocycles. The minimum absolute atomic E-state index is 0.154. The third-order valence-electron chi connectivity index (χ3n) is 2.19. The van der Waals surface area contributed by atoms with Gasteiger partial charge < -0.3 is 16.0 Å². The molecule has 0 bridgehead atoms. The summed E-state index contributed by atoms with van der Waals surface area (Å²) >= 11 is 0. The van der Waals surface area contributed by atoms with Gasteiger partial charge in [0.05, 0.1) is 0 Å². The normalized spacial score (nSPS) is 10.4. The van der Waals surface area contributed by atoms with Crippen molar-refractivity contribution < 1.29 is 9.59 Å². The first kappa shape index (κ1) is 11.3. The maximum Gasteiger partial charge on any atom is 0.267 e. The molecule has 0 aliphatic rings. The molecule has 4 N–H and O–H groups in total. The van der Waals surface area contributed by atoms with Gasteiger partial charge in [0.25, 0.3) is 11.8 Å². The number of amides is 2. The lowest BCUT2D eigenvalue weighted by atomic mass is 10.0. The second-order valence-corrected chi connectivity index (χ2v) is 3.61. The standard InChI is InChI=1S/C10H15N3O2/c1-5(2)6-4-7(9(11)14)13-8(6)10(15)12-3/h4-5,13H,1-3H3,(H2,11,14)(H,12,15). The van der Waals surface area contributed by atoms with Gasteiger partial charge in [0.2, 0.25) is 0 Å². The molecule has 1 aromatic rings. The quantitative estimate of drug-likeness (QED) is 0.680. The van der Waals surface area contributed by atoms with Gasteiger partial charge >= 0.3 is 0 Å². The topological polar surface area (TPSA) is 88.0 Å². The third-order valence-corrected chi connectivity index (χ3v) is 2.19. The first-order chi connectivity index (χ1) is 6.97. The summed E-state index contributed by atoms with van der Waals surface area (Å²) in [7, 11) is 1.54. The highest BCUT2D eigenvalue weighted by Gasteiger charge is 2.18. The molecule has 0 saturated heterocycles. The molecule has 0 atom stereocenters. The fraction of sp³-hybridized carbons (Fsp3) is 0.400. The van der Waals surface area contributed by atoms with E-state index >= 15 is 0 Å². The summed E-state index contributed by atoms with van der Waals surface area (Å²) in [6, 6.07) is 1.62. The van der Waals surface area contributed by atoms with E-state index < -0.39 is 5.91 Å². The minimum Gasteiger partial charge on any atom is -0.364 e. The van der Waals surface area contributed by atoms with Crippen molar-refractivity contribution in [3.63, 3.8) is 0 Å². The Hall–Kier alpha value is -1.78. The zero-order valence-corrected chi connectivity index (χ0v) is 9.05. The van der Waals surface area contributed by atoms with Crippen molar-refractivity contribution in [3.05, 3.63) is 23.0 Å². The first-order valence-corrected chi connectivity index (χ1v) is 4.72. The van der Waals surface area contributed by atoms with Crippen LogP contribution < -0.4 is 11.1 Å². The maximum absolute atomic E-state index is 11.5. The molecule has 0 saturated carbocycles. The van der Waals surface area contributed by atoms with Gasteiger partial charge in [-0.15, -0.1) is 0 Å². The first-order valence-electron chi connectivity index (χ1n) is 4.72. The molecule has 0 radical (unpaired) electrons. The van der Waals surface area contributed by atoms with Gasteiger partial charge in [-0.05, 0) is 17.5 Å². The van der Waals surface area contributed by atoms with E-state index in [-0.39, 0.29) is 17.5 Å². The number of aromatic nitrogens is 1. The average molecular weight is 209 g/mol. The predicted octanol–water partition coefficient (Wildman–Crippen LogP) is 0.597. The van der Waals surface area contributed by atoms with E-state index in [1.165, 1.54) is 7.05 Å². The molecule has 0 unspecified atom stereocenters. The van der Waals surface area contributed by atoms with Crippen LogP contribution in [0.2, 0.25) is 0 Å². The molecule has 82 valence electrons. The molecule has 2 amide bonds. The predicted molar refractivity (Wildman–Crippen MR) is 56.8 cm³/mol. The second kappa shape index (κ2) is 4.16. The summed E-state index contributed by atoms with van der Waals surface area (Å²) in [6.45, 7) is 3.89. The number of aromatic amines is 1. The van der Waals surface area contributed by atoms with Crippen molar-refractivity contribution in [2.45, 2.75) is 19.8 Å². The Kier molecular flexibility index (Phi) is 3.14. The van der Waals surface area contributed by atoms with Crippen LogP contribution in [0.1, 0.15) is 46.3 Å². The fourth-order valence-corrected chi connectivity index (χ4v) is 1.37. The highest BCUT2D eigenvalue weighted by atomic mass is 16.2. The molecule has 15 heavy (non-hydrogen) atoms. The Balaban J connectivity index is 3.23. The van der Waals surface area contributed by atoms with E-state index in [0.29, 0.717) is 5.69 Å². The number of nitrogens with two attached hydrogens (primary N) is 1. The van der Waals surface area contributed by atoms with Crippen LogP contribution in [0, 0.1) is 0 Å². The highest BCUT2D eigenvalue weighted by Crippen LogP contribution is 2.20. The molecule has 0 aromatic carbocycles. The van der Waals surface area contributed by atoms with Crippen molar-refractivity contribution in [2.24, 2.45) is 5.73 Å². The second-order valence-electron chi connectivity index (χ2n) is 3.61. The summed E-state index contributed by atoms with van der Waals surface area (Å²) < 4.78 is 0. The fourth-order valence-electron chi connectivity index (χ4n) is 1.37. The van der Waals surface area contributed by atoms with Crippen molar-refractivity contribution in [3.8, 4) is 0 Å². The summed E-state index contributed by atoms with van der Waals surface area (Å²) in [5.74, 6) is -0.653. The van der Waals surface area contributed by atoms with Crippen LogP contribution in [-0.4, -0.2) is 23.8 Å². The van der Waals surface area contributed by atoms with Crippen molar-refractivity contribution >= 4 is 11.8 Å². The Morgan fingerprint density at radius 3 is 2.47 bits per heavy atom. The minimum atomic E-state index is -0.563. The highest BCUT2D eigenvalue weighted by molar-refractivity contribution is 5.98. The molecule has 1 aromatic heterocycles. The van der Waals surface area contributed by atoms with Gasteiger partial charge in [-0.25, -0.2) is 0 Å². The number of nitrogens with one attached hydrogen (secondary N) is 2. The van der Waals surface area contributed by atoms with Crippen molar-refractivity contribution in [1.82, 2.24) is 10.3 Å². The van der Waals surface area contributed by atoms with Gasteiger partial charge in [0, 0.05) is 7.05 Å². The van der Waals surface area contributed by atoms with Crippen LogP contribution >= 0.6 is 0 Å². The largest absolute Gasteiger partial charge is 0.364 e. The summed E-state index contributed by atoms with van der Waals surface area (Å²) in [4.78, 5) is 25.2. The molecule has 1 heterocycles. The van der Waals surface area contributed by atoms with E-state index in [1.807, 2.05) is 13.8 Å². The Morgan fingerprint density at radius 1 is 1.47 bits per heavy atom. The lowest BCUT2D eigenvalue weighted by molar-refractivity contribution is 0.0957. The molecule has 0 spiro atoms. The van der Waals surface area contributed by atoms with E-state index in [1.54, 1.807) is 6.07 Å². The maximum atomic E-state index is 11.5. The number of H-pyrrole nitrogens is 1. The van der Waals surface area contributed by atoms with Gasteiger partial charge in [-0.1, -0.05) is 13.8 Å². The smallest absolute Gasteiger partial charge is 0.267 e. The van der Waals surface area contributed by atoms with Gasteiger partial charge in [-0.2, -0.15) is 0 Å². The lowest BCUT2D eigenvalue weighted by Crippen LogP contribution is -2.20. The van der Waals surface area contributed by atoms with E-state index in [0.717, 1.165) is 5.56 Å². The number of hydrogen-bond donors (Lipinski definition) is 3. The van der Waals surface area contributed by atoms with Gasteiger partial charge in [-0.3, -0.25) is 9.59 Å². The molecule has 0 fully saturated rings. The van der Waals surface area contributed by atoms with Crippen LogP contribution in [0.4, 0.5) is 0 Å². The zero-order chi connectivity index (χ0) is 11.6. The molecular formula is C10H15N3O2. The number of carbonyl (C=O) groups is 2. The van der Waals surface area contributed by atoms with Crippen LogP contribution in [0.5, 0.6) is 0 Å². The number of carbonyl (C=O) groups excluding carboxylic acids is 2. The Labute approximate surface area is 88.0 Å². The van der Waals surface area contributed by atoms with E-state index in [4.69, 9.17) is 5.73 Å². The summed E-state index contributed by atoms with van der Waals surface area (Å²) in [5, 5.41) is 2.51. The van der Waals surface area contributed by atoms with Gasteiger partial charge in [0.1, 0.15) is 11.4 Å². The van der Waals surface area contributed by atoms with Crippen LogP contribution in [0.15, 0.2) is 6.07 Å². The molecule has 0 aliphatic carbocycles. The molecule has 1 rings (SSSR count). The van der Waals surface area contributed by atoms with E-state index in [9.17, 15) is 9.59 Å². The molecular weight excluding hydrogens is 194 g/mol. The van der Waals surface area contributed by atoms with E-state index in [2.05, 4.69) is 10.3 Å². The zero-order valence-electron chi connectivity index (χ0n) is 9.05. The van der Waals surface area contributed by atoms with Crippen molar-refractivity contribution in [2.75, 3.05) is 7.05 Å². The lowest BCUT2D eigenvalue weighted by Gasteiger charge is -2.04. The average Bonchev–Trinajstić information content (AvgIpc) is 2.61. The molecule has 5 nitrogen and oxygen atoms in total.